The summed E-state index contributed by atoms with van der Waals surface area (Å²) >= 11 is 0. The number of rotatable bonds is 5. The topological polar surface area (TPSA) is 118 Å². The second-order valence-corrected chi connectivity index (χ2v) is 8.10. The number of nitrogens with one attached hydrogen (secondary N) is 1. The number of carbonyl (C=O) groups is 1. The molecule has 10 heteroatoms. The third kappa shape index (κ3) is 3.92. The van der Waals surface area contributed by atoms with Crippen LogP contribution in [0.5, 0.6) is 5.75 Å². The van der Waals surface area contributed by atoms with Gasteiger partial charge in [0.25, 0.3) is 0 Å². The van der Waals surface area contributed by atoms with E-state index in [1.165, 1.54) is 23.7 Å². The van der Waals surface area contributed by atoms with Gasteiger partial charge in [-0.1, -0.05) is 6.07 Å². The number of piperazine rings is 1. The number of pyridine rings is 1. The number of ether oxygens (including phenoxy) is 2. The van der Waals surface area contributed by atoms with Gasteiger partial charge in [0.05, 0.1) is 30.8 Å². The molecule has 1 atom stereocenters. The fourth-order valence-electron chi connectivity index (χ4n) is 4.40. The summed E-state index contributed by atoms with van der Waals surface area (Å²) in [6.45, 7) is 5.60. The molecule has 33 heavy (non-hydrogen) atoms. The SMILES string of the molecule is COc1cc(-n2ncc(CN3CCNC(c4ccc5c(c4C)COC5=O)C3)n2)ncc1C#N. The van der Waals surface area contributed by atoms with Gasteiger partial charge in [0.15, 0.2) is 5.82 Å². The summed E-state index contributed by atoms with van der Waals surface area (Å²) < 4.78 is 10.4. The van der Waals surface area contributed by atoms with Gasteiger partial charge >= 0.3 is 5.97 Å². The van der Waals surface area contributed by atoms with Crippen molar-refractivity contribution in [3.05, 3.63) is 64.1 Å². The fraction of sp³-hybridized carbons (Fsp3) is 0.348. The highest BCUT2D eigenvalue weighted by Gasteiger charge is 2.28. The molecule has 0 amide bonds. The molecule has 0 aliphatic carbocycles. The van der Waals surface area contributed by atoms with Gasteiger partial charge in [-0.2, -0.15) is 15.5 Å². The van der Waals surface area contributed by atoms with Crippen molar-refractivity contribution >= 4 is 5.97 Å². The average molecular weight is 445 g/mol. The number of hydrogen-bond donors (Lipinski definition) is 1. The Morgan fingerprint density at radius 3 is 3.06 bits per heavy atom. The van der Waals surface area contributed by atoms with Gasteiger partial charge in [-0.05, 0) is 24.1 Å². The maximum absolute atomic E-state index is 11.8. The van der Waals surface area contributed by atoms with Gasteiger partial charge < -0.3 is 14.8 Å². The molecule has 1 N–H and O–H groups in total. The number of fused-ring (bicyclic) bond motifs is 1. The molecule has 10 nitrogen and oxygen atoms in total. The summed E-state index contributed by atoms with van der Waals surface area (Å²) in [6, 6.07) is 7.75. The number of nitrogens with zero attached hydrogens (tertiary/aromatic N) is 6. The molecule has 0 spiro atoms. The summed E-state index contributed by atoms with van der Waals surface area (Å²) in [5.74, 6) is 0.680. The Kier molecular flexibility index (Phi) is 5.50. The van der Waals surface area contributed by atoms with Crippen LogP contribution in [0.25, 0.3) is 5.82 Å². The number of methoxy groups -OCH3 is 1. The van der Waals surface area contributed by atoms with Crippen LogP contribution in [0.15, 0.2) is 30.6 Å². The molecule has 4 heterocycles. The molecule has 5 rings (SSSR count). The van der Waals surface area contributed by atoms with E-state index in [4.69, 9.17) is 14.7 Å². The van der Waals surface area contributed by atoms with Crippen molar-refractivity contribution in [3.8, 4) is 17.6 Å². The first-order valence-electron chi connectivity index (χ1n) is 10.7. The second-order valence-electron chi connectivity index (χ2n) is 8.10. The minimum atomic E-state index is -0.240. The third-order valence-corrected chi connectivity index (χ3v) is 6.16. The Morgan fingerprint density at radius 2 is 2.24 bits per heavy atom. The van der Waals surface area contributed by atoms with E-state index in [1.54, 1.807) is 12.3 Å². The minimum absolute atomic E-state index is 0.152. The lowest BCUT2D eigenvalue weighted by atomic mass is 9.93. The van der Waals surface area contributed by atoms with Gasteiger partial charge in [-0.25, -0.2) is 9.78 Å². The summed E-state index contributed by atoms with van der Waals surface area (Å²) in [7, 11) is 1.51. The number of carbonyl (C=O) groups excluding carboxylic acids is 1. The first-order chi connectivity index (χ1) is 16.1. The van der Waals surface area contributed by atoms with Crippen molar-refractivity contribution in [1.82, 2.24) is 30.2 Å². The quantitative estimate of drug-likeness (QED) is 0.585. The van der Waals surface area contributed by atoms with E-state index in [9.17, 15) is 4.79 Å². The summed E-state index contributed by atoms with van der Waals surface area (Å²) in [6.07, 6.45) is 3.18. The van der Waals surface area contributed by atoms with Gasteiger partial charge in [-0.15, -0.1) is 4.80 Å². The first kappa shape index (κ1) is 21.1. The van der Waals surface area contributed by atoms with Crippen LogP contribution in [0.2, 0.25) is 0 Å². The van der Waals surface area contributed by atoms with E-state index in [2.05, 4.69) is 32.3 Å². The molecule has 1 fully saturated rings. The van der Waals surface area contributed by atoms with Crippen molar-refractivity contribution < 1.29 is 14.3 Å². The van der Waals surface area contributed by atoms with Crippen LogP contribution in [0.1, 0.15) is 44.3 Å². The number of esters is 1. The second kappa shape index (κ2) is 8.61. The predicted octanol–water partition coefficient (Wildman–Crippen LogP) is 1.67. The zero-order chi connectivity index (χ0) is 22.9. The molecule has 0 bridgehead atoms. The lowest BCUT2D eigenvalue weighted by Gasteiger charge is -2.34. The summed E-state index contributed by atoms with van der Waals surface area (Å²) in [5, 5.41) is 21.6. The molecule has 1 aromatic carbocycles. The summed E-state index contributed by atoms with van der Waals surface area (Å²) in [5.41, 5.74) is 5.15. The van der Waals surface area contributed by atoms with Gasteiger partial charge in [0.1, 0.15) is 24.0 Å². The van der Waals surface area contributed by atoms with E-state index >= 15 is 0 Å². The first-order valence-corrected chi connectivity index (χ1v) is 10.7. The number of cyclic esters (lactones) is 1. The standard InChI is InChI=1S/C23H23N7O3/c1-14-17(3-4-18-19(14)13-33-23(18)31)20-12-29(6-5-25-20)11-16-10-27-30(28-16)22-7-21(32-2)15(8-24)9-26-22/h3-4,7,9-10,20,25H,5-6,11-13H2,1-2H3. The van der Waals surface area contributed by atoms with E-state index < -0.39 is 0 Å². The van der Waals surface area contributed by atoms with E-state index in [0.29, 0.717) is 35.8 Å². The van der Waals surface area contributed by atoms with Crippen molar-refractivity contribution in [2.75, 3.05) is 26.7 Å². The highest BCUT2D eigenvalue weighted by Crippen LogP contribution is 2.30. The molecule has 0 radical (unpaired) electrons. The van der Waals surface area contributed by atoms with Crippen LogP contribution >= 0.6 is 0 Å². The van der Waals surface area contributed by atoms with E-state index in [-0.39, 0.29) is 12.0 Å². The largest absolute Gasteiger partial charge is 0.495 e. The fourth-order valence-corrected chi connectivity index (χ4v) is 4.40. The van der Waals surface area contributed by atoms with E-state index in [0.717, 1.165) is 36.5 Å². The minimum Gasteiger partial charge on any atom is -0.495 e. The molecular formula is C23H23N7O3. The van der Waals surface area contributed by atoms with Crippen molar-refractivity contribution in [3.63, 3.8) is 0 Å². The molecule has 168 valence electrons. The summed E-state index contributed by atoms with van der Waals surface area (Å²) in [4.78, 5) is 19.9. The normalized spacial score (nSPS) is 18.0. The Morgan fingerprint density at radius 1 is 1.36 bits per heavy atom. The number of aromatic nitrogens is 4. The molecule has 2 aliphatic rings. The number of hydrogen-bond acceptors (Lipinski definition) is 9. The molecule has 0 saturated carbocycles. The predicted molar refractivity (Wildman–Crippen MR) is 117 cm³/mol. The molecular weight excluding hydrogens is 422 g/mol. The molecule has 3 aromatic rings. The Balaban J connectivity index is 1.30. The Bertz CT molecular complexity index is 1260. The molecule has 2 aromatic heterocycles. The molecule has 1 saturated heterocycles. The van der Waals surface area contributed by atoms with Crippen LogP contribution in [-0.2, 0) is 17.9 Å². The smallest absolute Gasteiger partial charge is 0.338 e. The average Bonchev–Trinajstić information content (AvgIpc) is 3.46. The maximum atomic E-state index is 11.8. The number of benzene rings is 1. The van der Waals surface area contributed by atoms with Crippen LogP contribution in [-0.4, -0.2) is 57.6 Å². The van der Waals surface area contributed by atoms with Crippen molar-refractivity contribution in [2.24, 2.45) is 0 Å². The van der Waals surface area contributed by atoms with Crippen LogP contribution < -0.4 is 10.1 Å². The highest BCUT2D eigenvalue weighted by molar-refractivity contribution is 5.94. The van der Waals surface area contributed by atoms with Crippen LogP contribution in [0.3, 0.4) is 0 Å². The van der Waals surface area contributed by atoms with Gasteiger partial charge in [0.2, 0.25) is 0 Å². The van der Waals surface area contributed by atoms with Crippen molar-refractivity contribution in [2.45, 2.75) is 26.1 Å². The van der Waals surface area contributed by atoms with Crippen LogP contribution in [0.4, 0.5) is 0 Å². The van der Waals surface area contributed by atoms with Gasteiger partial charge in [0, 0.05) is 43.9 Å². The number of nitriles is 1. The monoisotopic (exact) mass is 445 g/mol. The zero-order valence-corrected chi connectivity index (χ0v) is 18.4. The highest BCUT2D eigenvalue weighted by atomic mass is 16.5. The maximum Gasteiger partial charge on any atom is 0.338 e. The lowest BCUT2D eigenvalue weighted by Crippen LogP contribution is -2.45. The van der Waals surface area contributed by atoms with E-state index in [1.807, 2.05) is 18.2 Å². The Labute approximate surface area is 190 Å². The van der Waals surface area contributed by atoms with Crippen molar-refractivity contribution in [1.29, 1.82) is 5.26 Å². The zero-order valence-electron chi connectivity index (χ0n) is 18.4. The van der Waals surface area contributed by atoms with Crippen LogP contribution in [0, 0.1) is 18.3 Å². The molecule has 1 unspecified atom stereocenters. The molecule has 2 aliphatic heterocycles. The lowest BCUT2D eigenvalue weighted by molar-refractivity contribution is 0.0535. The Hall–Kier alpha value is -3.81. The third-order valence-electron chi connectivity index (χ3n) is 6.16. The van der Waals surface area contributed by atoms with Gasteiger partial charge in [-0.3, -0.25) is 4.90 Å².